The van der Waals surface area contributed by atoms with Crippen molar-refractivity contribution < 1.29 is 9.18 Å². The molecule has 0 spiro atoms. The lowest BCUT2D eigenvalue weighted by Gasteiger charge is -2.17. The minimum atomic E-state index is -0.274. The van der Waals surface area contributed by atoms with Crippen LogP contribution in [0.25, 0.3) is 11.3 Å². The first-order valence-electron chi connectivity index (χ1n) is 11.8. The van der Waals surface area contributed by atoms with Gasteiger partial charge in [-0.2, -0.15) is 5.10 Å². The quantitative estimate of drug-likeness (QED) is 0.333. The third kappa shape index (κ3) is 6.32. The number of carbonyl (C=O) groups is 1. The van der Waals surface area contributed by atoms with Crippen LogP contribution in [0.5, 0.6) is 0 Å². The topological polar surface area (TPSA) is 71.0 Å². The van der Waals surface area contributed by atoms with E-state index in [4.69, 9.17) is 0 Å². The molecule has 6 nitrogen and oxygen atoms in total. The van der Waals surface area contributed by atoms with Crippen LogP contribution in [0.15, 0.2) is 83.8 Å². The first-order valence-corrected chi connectivity index (χ1v) is 11.8. The second-order valence-electron chi connectivity index (χ2n) is 8.66. The summed E-state index contributed by atoms with van der Waals surface area (Å²) < 4.78 is 14.7. The number of amides is 1. The molecule has 1 N–H and O–H groups in total. The molecule has 7 heteroatoms. The van der Waals surface area contributed by atoms with E-state index < -0.39 is 0 Å². The van der Waals surface area contributed by atoms with Crippen molar-refractivity contribution in [2.24, 2.45) is 0 Å². The largest absolute Gasteiger partial charge is 0.342 e. The van der Waals surface area contributed by atoms with E-state index in [0.29, 0.717) is 13.1 Å². The Hall–Kier alpha value is -4.00. The van der Waals surface area contributed by atoms with Crippen molar-refractivity contribution in [3.63, 3.8) is 0 Å². The number of nitrogens with zero attached hydrogens (tertiary/aromatic N) is 3. The van der Waals surface area contributed by atoms with Crippen LogP contribution >= 0.6 is 0 Å². The van der Waals surface area contributed by atoms with Crippen molar-refractivity contribution in [2.75, 3.05) is 13.6 Å². The smallest absolute Gasteiger partial charge is 0.263 e. The van der Waals surface area contributed by atoms with E-state index in [1.165, 1.54) is 12.1 Å². The van der Waals surface area contributed by atoms with E-state index in [1.54, 1.807) is 47.0 Å². The van der Waals surface area contributed by atoms with Gasteiger partial charge in [0.05, 0.1) is 12.2 Å². The van der Waals surface area contributed by atoms with Crippen molar-refractivity contribution in [2.45, 2.75) is 32.2 Å². The van der Waals surface area contributed by atoms with Crippen LogP contribution < -0.4 is 5.56 Å². The molecule has 0 aliphatic rings. The summed E-state index contributed by atoms with van der Waals surface area (Å²) in [5, 5.41) is 7.35. The molecule has 0 radical (unpaired) electrons. The number of aryl methyl sites for hydroxylation is 1. The highest BCUT2D eigenvalue weighted by Crippen LogP contribution is 2.19. The van der Waals surface area contributed by atoms with Crippen molar-refractivity contribution >= 4 is 5.91 Å². The Labute approximate surface area is 204 Å². The van der Waals surface area contributed by atoms with Gasteiger partial charge in [-0.05, 0) is 67.3 Å². The molecule has 35 heavy (non-hydrogen) atoms. The van der Waals surface area contributed by atoms with E-state index in [-0.39, 0.29) is 22.8 Å². The molecule has 0 aliphatic carbocycles. The monoisotopic (exact) mass is 472 g/mol. The molecular weight excluding hydrogens is 443 g/mol. The first-order chi connectivity index (χ1) is 17.0. The molecule has 4 aromatic rings. The van der Waals surface area contributed by atoms with Crippen LogP contribution in [0.1, 0.15) is 40.9 Å². The van der Waals surface area contributed by atoms with Gasteiger partial charge in [-0.1, -0.05) is 36.8 Å². The summed E-state index contributed by atoms with van der Waals surface area (Å²) in [5.74, 6) is -0.520. The number of pyridine rings is 1. The third-order valence-corrected chi connectivity index (χ3v) is 6.00. The zero-order valence-electron chi connectivity index (χ0n) is 19.8. The minimum Gasteiger partial charge on any atom is -0.342 e. The average Bonchev–Trinajstić information content (AvgIpc) is 3.34. The first kappa shape index (κ1) is 24.1. The van der Waals surface area contributed by atoms with Gasteiger partial charge in [0, 0.05) is 31.0 Å². The summed E-state index contributed by atoms with van der Waals surface area (Å²) in [4.78, 5) is 27.4. The van der Waals surface area contributed by atoms with Crippen LogP contribution in [-0.2, 0) is 13.0 Å². The maximum atomic E-state index is 13.1. The standard InChI is InChI=1S/C28H29FN4O2/c1-32(27(34)25-12-8-18-33(28(25)35)20-21-9-4-2-5-10-21)17-7-3-6-11-24-19-26(31-30-24)22-13-15-23(29)16-14-22/h2,4-5,8-10,12-16,18-19H,3,6-7,11,17,20H2,1H3,(H,30,31). The number of unbranched alkanes of at least 4 members (excludes halogenated alkanes) is 2. The molecule has 1 amide bonds. The number of halogens is 1. The number of nitrogens with one attached hydrogen (secondary N) is 1. The van der Waals surface area contributed by atoms with Crippen molar-refractivity contribution in [1.29, 1.82) is 0 Å². The lowest BCUT2D eigenvalue weighted by molar-refractivity contribution is 0.0790. The van der Waals surface area contributed by atoms with Crippen molar-refractivity contribution in [1.82, 2.24) is 19.7 Å². The molecule has 2 aromatic carbocycles. The Bertz CT molecular complexity index is 1310. The number of benzene rings is 2. The number of carbonyl (C=O) groups excluding carboxylic acids is 1. The Morgan fingerprint density at radius 1 is 1.00 bits per heavy atom. The fraction of sp³-hybridized carbons (Fsp3) is 0.250. The van der Waals surface area contributed by atoms with E-state index in [0.717, 1.165) is 48.2 Å². The summed E-state index contributed by atoms with van der Waals surface area (Å²) in [6.07, 6.45) is 5.28. The molecule has 180 valence electrons. The van der Waals surface area contributed by atoms with Crippen LogP contribution in [0, 0.1) is 5.82 Å². The number of aromatic nitrogens is 3. The summed E-state index contributed by atoms with van der Waals surface area (Å²) in [6.45, 7) is 1.01. The van der Waals surface area contributed by atoms with E-state index in [1.807, 2.05) is 36.4 Å². The van der Waals surface area contributed by atoms with Gasteiger partial charge in [-0.25, -0.2) is 4.39 Å². The van der Waals surface area contributed by atoms with Gasteiger partial charge in [0.1, 0.15) is 11.4 Å². The molecule has 2 heterocycles. The van der Waals surface area contributed by atoms with Gasteiger partial charge in [0.2, 0.25) is 0 Å². The normalized spacial score (nSPS) is 10.9. The van der Waals surface area contributed by atoms with E-state index >= 15 is 0 Å². The Morgan fingerprint density at radius 2 is 1.77 bits per heavy atom. The van der Waals surface area contributed by atoms with Crippen molar-refractivity contribution in [3.05, 3.63) is 112 Å². The van der Waals surface area contributed by atoms with Gasteiger partial charge in [-0.15, -0.1) is 0 Å². The molecule has 2 aromatic heterocycles. The highest BCUT2D eigenvalue weighted by Gasteiger charge is 2.16. The maximum absolute atomic E-state index is 13.1. The second-order valence-corrected chi connectivity index (χ2v) is 8.66. The predicted molar refractivity (Wildman–Crippen MR) is 135 cm³/mol. The zero-order valence-corrected chi connectivity index (χ0v) is 19.8. The fourth-order valence-electron chi connectivity index (χ4n) is 4.01. The SMILES string of the molecule is CN(CCCCCc1cc(-c2ccc(F)cc2)n[nH]1)C(=O)c1cccn(Cc2ccccc2)c1=O. The maximum Gasteiger partial charge on any atom is 0.263 e. The van der Waals surface area contributed by atoms with Gasteiger partial charge in [0.15, 0.2) is 0 Å². The van der Waals surface area contributed by atoms with Crippen molar-refractivity contribution in [3.8, 4) is 11.3 Å². The summed E-state index contributed by atoms with van der Waals surface area (Å²) in [7, 11) is 1.74. The zero-order chi connectivity index (χ0) is 24.6. The number of hydrogen-bond donors (Lipinski definition) is 1. The summed E-state index contributed by atoms with van der Waals surface area (Å²) in [6, 6.07) is 21.3. The van der Waals surface area contributed by atoms with Crippen LogP contribution in [0.3, 0.4) is 0 Å². The molecular formula is C28H29FN4O2. The molecule has 0 bridgehead atoms. The molecule has 0 saturated heterocycles. The Kier molecular flexibility index (Phi) is 7.88. The van der Waals surface area contributed by atoms with Gasteiger partial charge < -0.3 is 9.47 Å². The van der Waals surface area contributed by atoms with Gasteiger partial charge in [-0.3, -0.25) is 14.7 Å². The third-order valence-electron chi connectivity index (χ3n) is 6.00. The molecule has 0 fully saturated rings. The number of aromatic amines is 1. The molecule has 0 atom stereocenters. The second kappa shape index (κ2) is 11.4. The molecule has 4 rings (SSSR count). The number of hydrogen-bond acceptors (Lipinski definition) is 3. The summed E-state index contributed by atoms with van der Waals surface area (Å²) in [5.41, 5.74) is 3.62. The summed E-state index contributed by atoms with van der Waals surface area (Å²) >= 11 is 0. The lowest BCUT2D eigenvalue weighted by Crippen LogP contribution is -2.34. The average molecular weight is 473 g/mol. The van der Waals surface area contributed by atoms with Crippen LogP contribution in [-0.4, -0.2) is 39.2 Å². The van der Waals surface area contributed by atoms with E-state index in [9.17, 15) is 14.0 Å². The minimum absolute atomic E-state index is 0.191. The van der Waals surface area contributed by atoms with Crippen LogP contribution in [0.4, 0.5) is 4.39 Å². The number of rotatable bonds is 10. The lowest BCUT2D eigenvalue weighted by atomic mass is 10.1. The highest BCUT2D eigenvalue weighted by atomic mass is 19.1. The number of H-pyrrole nitrogens is 1. The predicted octanol–water partition coefficient (Wildman–Crippen LogP) is 4.91. The molecule has 0 aliphatic heterocycles. The highest BCUT2D eigenvalue weighted by molar-refractivity contribution is 5.93. The van der Waals surface area contributed by atoms with Gasteiger partial charge in [0.25, 0.3) is 11.5 Å². The van der Waals surface area contributed by atoms with Crippen LogP contribution in [0.2, 0.25) is 0 Å². The Balaban J connectivity index is 1.24. The fourth-order valence-corrected chi connectivity index (χ4v) is 4.01. The van der Waals surface area contributed by atoms with Gasteiger partial charge >= 0.3 is 0 Å². The Morgan fingerprint density at radius 3 is 2.54 bits per heavy atom. The molecule has 0 unspecified atom stereocenters. The molecule has 0 saturated carbocycles. The van der Waals surface area contributed by atoms with E-state index in [2.05, 4.69) is 10.2 Å².